The van der Waals surface area contributed by atoms with E-state index in [4.69, 9.17) is 8.83 Å². The minimum Gasteiger partial charge on any atom is -0.436 e. The van der Waals surface area contributed by atoms with Gasteiger partial charge in [-0.2, -0.15) is 0 Å². The molecule has 3 aromatic heterocycles. The molecular formula is C19H9N3O2. The molecule has 7 rings (SSSR count). The van der Waals surface area contributed by atoms with Gasteiger partial charge in [0.1, 0.15) is 16.7 Å². The maximum absolute atomic E-state index is 5.93. The molecule has 0 amide bonds. The van der Waals surface area contributed by atoms with E-state index in [2.05, 4.69) is 15.0 Å². The van der Waals surface area contributed by atoms with Gasteiger partial charge in [0.25, 0.3) is 0 Å². The van der Waals surface area contributed by atoms with Crippen LogP contribution in [0, 0.1) is 0 Å². The Labute approximate surface area is 135 Å². The lowest BCUT2D eigenvalue weighted by molar-refractivity contribution is 0.614. The van der Waals surface area contributed by atoms with Gasteiger partial charge in [0.15, 0.2) is 11.2 Å². The molecule has 0 saturated carbocycles. The van der Waals surface area contributed by atoms with Crippen molar-refractivity contribution in [1.82, 2.24) is 15.0 Å². The largest absolute Gasteiger partial charge is 0.436 e. The monoisotopic (exact) mass is 311 g/mol. The highest BCUT2D eigenvalue weighted by molar-refractivity contribution is 5.86. The van der Waals surface area contributed by atoms with E-state index in [-0.39, 0.29) is 0 Å². The SMILES string of the molecule is c1cc2nc3oc2cc1-c1ccc2nc(oc2c1)-c1ccc-3cn1. The van der Waals surface area contributed by atoms with Gasteiger partial charge in [-0.3, -0.25) is 4.98 Å². The van der Waals surface area contributed by atoms with E-state index >= 15 is 0 Å². The van der Waals surface area contributed by atoms with Gasteiger partial charge in [-0.1, -0.05) is 12.1 Å². The number of hydrogen-bond acceptors (Lipinski definition) is 5. The van der Waals surface area contributed by atoms with Gasteiger partial charge < -0.3 is 8.83 Å². The van der Waals surface area contributed by atoms with Crippen LogP contribution in [-0.2, 0) is 0 Å². The van der Waals surface area contributed by atoms with Crippen LogP contribution >= 0.6 is 0 Å². The van der Waals surface area contributed by atoms with Crippen molar-refractivity contribution < 1.29 is 8.83 Å². The fourth-order valence-corrected chi connectivity index (χ4v) is 3.09. The van der Waals surface area contributed by atoms with E-state index in [0.29, 0.717) is 17.5 Å². The Balaban J connectivity index is 1.79. The first-order valence-corrected chi connectivity index (χ1v) is 7.62. The number of pyridine rings is 1. The second-order valence-electron chi connectivity index (χ2n) is 5.84. The van der Waals surface area contributed by atoms with Crippen LogP contribution in [0.25, 0.3) is 56.4 Å². The molecule has 0 radical (unpaired) electrons. The smallest absolute Gasteiger partial charge is 0.246 e. The quantitative estimate of drug-likeness (QED) is 0.407. The summed E-state index contributed by atoms with van der Waals surface area (Å²) in [5.74, 6) is 1.07. The normalized spacial score (nSPS) is 12.2. The van der Waals surface area contributed by atoms with E-state index in [1.54, 1.807) is 6.20 Å². The molecular weight excluding hydrogens is 302 g/mol. The van der Waals surface area contributed by atoms with Crippen molar-refractivity contribution >= 4 is 22.2 Å². The average Bonchev–Trinajstić information content (AvgIpc) is 3.23. The van der Waals surface area contributed by atoms with Crippen LogP contribution in [0.3, 0.4) is 0 Å². The van der Waals surface area contributed by atoms with Crippen molar-refractivity contribution in [3.63, 3.8) is 0 Å². The lowest BCUT2D eigenvalue weighted by Crippen LogP contribution is -1.85. The number of rotatable bonds is 0. The van der Waals surface area contributed by atoms with E-state index in [1.807, 2.05) is 48.5 Å². The van der Waals surface area contributed by atoms with E-state index in [0.717, 1.165) is 38.9 Å². The number of oxazole rings is 2. The van der Waals surface area contributed by atoms with Crippen LogP contribution < -0.4 is 0 Å². The third-order valence-corrected chi connectivity index (χ3v) is 4.34. The topological polar surface area (TPSA) is 65.0 Å². The third kappa shape index (κ3) is 1.55. The molecule has 0 aliphatic carbocycles. The molecule has 0 fully saturated rings. The molecule has 112 valence electrons. The minimum atomic E-state index is 0.510. The first-order valence-electron chi connectivity index (χ1n) is 7.62. The first kappa shape index (κ1) is 12.0. The number of fused-ring (bicyclic) bond motifs is 2. The summed E-state index contributed by atoms with van der Waals surface area (Å²) in [5, 5.41) is 0. The zero-order valence-corrected chi connectivity index (χ0v) is 12.4. The Bertz CT molecular complexity index is 1150. The van der Waals surface area contributed by atoms with Crippen LogP contribution in [0.5, 0.6) is 0 Å². The van der Waals surface area contributed by atoms with Crippen molar-refractivity contribution in [3.05, 3.63) is 54.7 Å². The van der Waals surface area contributed by atoms with E-state index < -0.39 is 0 Å². The molecule has 8 bridgehead atoms. The first-order chi connectivity index (χ1) is 11.8. The molecule has 2 aromatic carbocycles. The maximum Gasteiger partial charge on any atom is 0.246 e. The number of aromatic nitrogens is 3. The summed E-state index contributed by atoms with van der Waals surface area (Å²) in [6.07, 6.45) is 1.73. The fraction of sp³-hybridized carbons (Fsp3) is 0. The van der Waals surface area contributed by atoms with Crippen LogP contribution in [0.4, 0.5) is 0 Å². The van der Waals surface area contributed by atoms with Gasteiger partial charge in [0, 0.05) is 6.20 Å². The Kier molecular flexibility index (Phi) is 2.04. The second-order valence-corrected chi connectivity index (χ2v) is 5.84. The second kappa shape index (κ2) is 4.08. The number of nitrogens with zero attached hydrogens (tertiary/aromatic N) is 3. The number of hydrogen-bond donors (Lipinski definition) is 0. The van der Waals surface area contributed by atoms with Crippen molar-refractivity contribution in [2.45, 2.75) is 0 Å². The predicted octanol–water partition coefficient (Wildman–Crippen LogP) is 4.68. The van der Waals surface area contributed by atoms with Gasteiger partial charge in [0.2, 0.25) is 11.8 Å². The summed E-state index contributed by atoms with van der Waals surface area (Å²) in [5.41, 5.74) is 6.74. The molecule has 0 unspecified atom stereocenters. The molecule has 24 heavy (non-hydrogen) atoms. The third-order valence-electron chi connectivity index (χ3n) is 4.34. The number of benzene rings is 2. The Morgan fingerprint density at radius 2 is 1.25 bits per heavy atom. The van der Waals surface area contributed by atoms with Gasteiger partial charge >= 0.3 is 0 Å². The van der Waals surface area contributed by atoms with Gasteiger partial charge in [-0.15, -0.1) is 0 Å². The predicted molar refractivity (Wildman–Crippen MR) is 89.2 cm³/mol. The van der Waals surface area contributed by atoms with E-state index in [9.17, 15) is 0 Å². The molecule has 5 nitrogen and oxygen atoms in total. The lowest BCUT2D eigenvalue weighted by atomic mass is 10.1. The van der Waals surface area contributed by atoms with Gasteiger partial charge in [-0.25, -0.2) is 9.97 Å². The zero-order valence-electron chi connectivity index (χ0n) is 12.4. The summed E-state index contributed by atoms with van der Waals surface area (Å²) in [7, 11) is 0. The fourth-order valence-electron chi connectivity index (χ4n) is 3.09. The van der Waals surface area contributed by atoms with Crippen LogP contribution in [0.1, 0.15) is 0 Å². The summed E-state index contributed by atoms with van der Waals surface area (Å²) < 4.78 is 11.8. The van der Waals surface area contributed by atoms with E-state index in [1.165, 1.54) is 0 Å². The minimum absolute atomic E-state index is 0.510. The van der Waals surface area contributed by atoms with Crippen molar-refractivity contribution in [3.8, 4) is 34.2 Å². The van der Waals surface area contributed by atoms with Crippen molar-refractivity contribution in [1.29, 1.82) is 0 Å². The molecule has 5 heterocycles. The average molecular weight is 311 g/mol. The molecule has 5 aromatic rings. The Hall–Kier alpha value is -3.47. The highest BCUT2D eigenvalue weighted by Gasteiger charge is 2.15. The summed E-state index contributed by atoms with van der Waals surface area (Å²) in [4.78, 5) is 13.5. The summed E-state index contributed by atoms with van der Waals surface area (Å²) in [6.45, 7) is 0. The van der Waals surface area contributed by atoms with Crippen molar-refractivity contribution in [2.75, 3.05) is 0 Å². The van der Waals surface area contributed by atoms with Crippen LogP contribution in [0.15, 0.2) is 63.6 Å². The Morgan fingerprint density at radius 3 is 1.92 bits per heavy atom. The molecule has 2 aliphatic rings. The molecule has 0 spiro atoms. The zero-order chi connectivity index (χ0) is 15.7. The van der Waals surface area contributed by atoms with Gasteiger partial charge in [0.05, 0.1) is 5.56 Å². The maximum atomic E-state index is 5.93. The van der Waals surface area contributed by atoms with Crippen LogP contribution in [0.2, 0.25) is 0 Å². The molecule has 0 N–H and O–H groups in total. The molecule has 5 heteroatoms. The highest BCUT2D eigenvalue weighted by atomic mass is 16.4. The summed E-state index contributed by atoms with van der Waals surface area (Å²) >= 11 is 0. The molecule has 0 atom stereocenters. The standard InChI is InChI=1S/C19H9N3O2/c1-4-13-16-7-10(1)11-2-5-14-17(8-11)24-19(22-14)15-6-3-12(9-20-15)18(21-13)23-16/h1-9H. The molecule has 2 aliphatic heterocycles. The van der Waals surface area contributed by atoms with Crippen LogP contribution in [-0.4, -0.2) is 15.0 Å². The summed E-state index contributed by atoms with van der Waals surface area (Å²) in [6, 6.07) is 15.8. The van der Waals surface area contributed by atoms with Gasteiger partial charge in [-0.05, 0) is 47.5 Å². The van der Waals surface area contributed by atoms with Crippen molar-refractivity contribution in [2.24, 2.45) is 0 Å². The Morgan fingerprint density at radius 1 is 0.625 bits per heavy atom. The lowest BCUT2D eigenvalue weighted by Gasteiger charge is -2.01. The highest BCUT2D eigenvalue weighted by Crippen LogP contribution is 2.32. The molecule has 0 saturated heterocycles.